The van der Waals surface area contributed by atoms with Gasteiger partial charge in [0.2, 0.25) is 0 Å². The maximum atomic E-state index is 11.6. The Morgan fingerprint density at radius 1 is 1.44 bits per heavy atom. The van der Waals surface area contributed by atoms with Crippen molar-refractivity contribution in [2.75, 3.05) is 12.3 Å². The molecule has 16 heavy (non-hydrogen) atoms. The molecule has 1 aromatic rings. The molecule has 0 aromatic heterocycles. The number of carbonyl (C=O) groups excluding carboxylic acids is 1. The zero-order valence-corrected chi connectivity index (χ0v) is 9.91. The Kier molecular flexibility index (Phi) is 4.11. The fraction of sp³-hybridized carbons (Fsp3) is 0.308. The fourth-order valence-corrected chi connectivity index (χ4v) is 1.17. The SMILES string of the molecule is CC(C)=CCOC(=O)c1ccc(N)c(C)c1. The quantitative estimate of drug-likeness (QED) is 0.483. The van der Waals surface area contributed by atoms with Crippen molar-refractivity contribution in [3.8, 4) is 0 Å². The highest BCUT2D eigenvalue weighted by Crippen LogP contribution is 2.13. The van der Waals surface area contributed by atoms with E-state index in [0.29, 0.717) is 17.9 Å². The molecule has 0 spiro atoms. The zero-order chi connectivity index (χ0) is 12.1. The summed E-state index contributed by atoms with van der Waals surface area (Å²) in [5.41, 5.74) is 8.90. The minimum absolute atomic E-state index is 0.310. The van der Waals surface area contributed by atoms with Crippen molar-refractivity contribution in [2.24, 2.45) is 0 Å². The van der Waals surface area contributed by atoms with Gasteiger partial charge in [0.1, 0.15) is 6.61 Å². The van der Waals surface area contributed by atoms with E-state index >= 15 is 0 Å². The van der Waals surface area contributed by atoms with Gasteiger partial charge in [-0.3, -0.25) is 0 Å². The van der Waals surface area contributed by atoms with Crippen LogP contribution in [-0.4, -0.2) is 12.6 Å². The molecule has 0 saturated heterocycles. The molecule has 2 N–H and O–H groups in total. The number of hydrogen-bond acceptors (Lipinski definition) is 3. The summed E-state index contributed by atoms with van der Waals surface area (Å²) in [5.74, 6) is -0.319. The molecule has 3 heteroatoms. The second-order valence-corrected chi connectivity index (χ2v) is 3.95. The highest BCUT2D eigenvalue weighted by Gasteiger charge is 2.07. The van der Waals surface area contributed by atoms with Gasteiger partial charge < -0.3 is 10.5 Å². The largest absolute Gasteiger partial charge is 0.458 e. The van der Waals surface area contributed by atoms with Gasteiger partial charge in [-0.1, -0.05) is 5.57 Å². The number of ether oxygens (including phenoxy) is 1. The Balaban J connectivity index is 2.66. The van der Waals surface area contributed by atoms with Crippen LogP contribution in [0.5, 0.6) is 0 Å². The van der Waals surface area contributed by atoms with Gasteiger partial charge in [-0.15, -0.1) is 0 Å². The molecule has 3 nitrogen and oxygen atoms in total. The molecule has 0 aliphatic heterocycles. The number of nitrogen functional groups attached to an aromatic ring is 1. The van der Waals surface area contributed by atoms with Crippen molar-refractivity contribution in [3.63, 3.8) is 0 Å². The average Bonchev–Trinajstić information content (AvgIpc) is 2.21. The molecule has 0 saturated carbocycles. The van der Waals surface area contributed by atoms with E-state index in [1.807, 2.05) is 26.8 Å². The molecule has 0 aliphatic rings. The first kappa shape index (κ1) is 12.3. The summed E-state index contributed by atoms with van der Waals surface area (Å²) in [5, 5.41) is 0. The first-order valence-electron chi connectivity index (χ1n) is 5.17. The summed E-state index contributed by atoms with van der Waals surface area (Å²) in [6, 6.07) is 5.13. The van der Waals surface area contributed by atoms with Crippen LogP contribution >= 0.6 is 0 Å². The molecular weight excluding hydrogens is 202 g/mol. The first-order valence-corrected chi connectivity index (χ1v) is 5.17. The third-order valence-corrected chi connectivity index (χ3v) is 2.21. The number of nitrogens with two attached hydrogens (primary N) is 1. The third-order valence-electron chi connectivity index (χ3n) is 2.21. The number of benzene rings is 1. The number of anilines is 1. The van der Waals surface area contributed by atoms with Crippen molar-refractivity contribution < 1.29 is 9.53 Å². The van der Waals surface area contributed by atoms with Crippen molar-refractivity contribution in [1.82, 2.24) is 0 Å². The minimum Gasteiger partial charge on any atom is -0.458 e. The van der Waals surface area contributed by atoms with Gasteiger partial charge in [-0.25, -0.2) is 4.79 Å². The number of hydrogen-bond donors (Lipinski definition) is 1. The smallest absolute Gasteiger partial charge is 0.338 e. The molecule has 0 fully saturated rings. The topological polar surface area (TPSA) is 52.3 Å². The Hall–Kier alpha value is -1.77. The predicted octanol–water partition coefficient (Wildman–Crippen LogP) is 2.70. The highest BCUT2D eigenvalue weighted by molar-refractivity contribution is 5.90. The molecule has 0 aliphatic carbocycles. The van der Waals surface area contributed by atoms with E-state index in [1.54, 1.807) is 18.2 Å². The van der Waals surface area contributed by atoms with E-state index < -0.39 is 0 Å². The van der Waals surface area contributed by atoms with Crippen LogP contribution in [0.4, 0.5) is 5.69 Å². The van der Waals surface area contributed by atoms with Crippen LogP contribution < -0.4 is 5.73 Å². The average molecular weight is 219 g/mol. The molecule has 1 rings (SSSR count). The molecule has 0 bridgehead atoms. The summed E-state index contributed by atoms with van der Waals surface area (Å²) in [4.78, 5) is 11.6. The Morgan fingerprint density at radius 3 is 2.69 bits per heavy atom. The highest BCUT2D eigenvalue weighted by atomic mass is 16.5. The number of carbonyl (C=O) groups is 1. The first-order chi connectivity index (χ1) is 7.50. The Bertz CT molecular complexity index is 418. The molecular formula is C13H17NO2. The van der Waals surface area contributed by atoms with Gasteiger partial charge >= 0.3 is 5.97 Å². The molecule has 0 radical (unpaired) electrons. The Morgan fingerprint density at radius 2 is 2.12 bits per heavy atom. The maximum absolute atomic E-state index is 11.6. The van der Waals surface area contributed by atoms with Crippen LogP contribution in [0.25, 0.3) is 0 Å². The third kappa shape index (κ3) is 3.42. The van der Waals surface area contributed by atoms with E-state index in [9.17, 15) is 4.79 Å². The van der Waals surface area contributed by atoms with Crippen molar-refractivity contribution in [3.05, 3.63) is 41.0 Å². The molecule has 0 unspecified atom stereocenters. The van der Waals surface area contributed by atoms with Gasteiger partial charge in [-0.2, -0.15) is 0 Å². The summed E-state index contributed by atoms with van der Waals surface area (Å²) >= 11 is 0. The predicted molar refractivity (Wildman–Crippen MR) is 65.3 cm³/mol. The summed E-state index contributed by atoms with van der Waals surface area (Å²) in [7, 11) is 0. The van der Waals surface area contributed by atoms with E-state index in [-0.39, 0.29) is 5.97 Å². The maximum Gasteiger partial charge on any atom is 0.338 e. The minimum atomic E-state index is -0.319. The molecule has 0 heterocycles. The van der Waals surface area contributed by atoms with Crippen LogP contribution in [0.2, 0.25) is 0 Å². The normalized spacial score (nSPS) is 9.69. The molecule has 1 aromatic carbocycles. The summed E-state index contributed by atoms with van der Waals surface area (Å²) in [6.07, 6.45) is 1.86. The summed E-state index contributed by atoms with van der Waals surface area (Å²) < 4.78 is 5.08. The van der Waals surface area contributed by atoms with Crippen LogP contribution in [0.1, 0.15) is 29.8 Å². The van der Waals surface area contributed by atoms with Crippen molar-refractivity contribution >= 4 is 11.7 Å². The lowest BCUT2D eigenvalue weighted by molar-refractivity contribution is 0.0549. The summed E-state index contributed by atoms with van der Waals surface area (Å²) in [6.45, 7) is 6.09. The molecule has 0 atom stereocenters. The van der Waals surface area contributed by atoms with Gasteiger partial charge in [-0.05, 0) is 50.6 Å². The lowest BCUT2D eigenvalue weighted by atomic mass is 10.1. The monoisotopic (exact) mass is 219 g/mol. The van der Waals surface area contributed by atoms with Crippen LogP contribution in [0.3, 0.4) is 0 Å². The van der Waals surface area contributed by atoms with E-state index in [1.165, 1.54) is 0 Å². The van der Waals surface area contributed by atoms with E-state index in [2.05, 4.69) is 0 Å². The van der Waals surface area contributed by atoms with Crippen LogP contribution in [0.15, 0.2) is 29.8 Å². The second-order valence-electron chi connectivity index (χ2n) is 3.95. The molecule has 0 amide bonds. The lowest BCUT2D eigenvalue weighted by Gasteiger charge is -2.05. The fourth-order valence-electron chi connectivity index (χ4n) is 1.17. The van der Waals surface area contributed by atoms with Gasteiger partial charge in [0.05, 0.1) is 5.56 Å². The van der Waals surface area contributed by atoms with Crippen LogP contribution in [-0.2, 0) is 4.74 Å². The zero-order valence-electron chi connectivity index (χ0n) is 9.91. The van der Waals surface area contributed by atoms with Crippen molar-refractivity contribution in [2.45, 2.75) is 20.8 Å². The second kappa shape index (κ2) is 5.35. The number of allylic oxidation sites excluding steroid dienone is 1. The lowest BCUT2D eigenvalue weighted by Crippen LogP contribution is -2.06. The van der Waals surface area contributed by atoms with Gasteiger partial charge in [0, 0.05) is 5.69 Å². The number of esters is 1. The van der Waals surface area contributed by atoms with Gasteiger partial charge in [0.15, 0.2) is 0 Å². The standard InChI is InChI=1S/C13H17NO2/c1-9(2)6-7-16-13(15)11-4-5-12(14)10(3)8-11/h4-6,8H,7,14H2,1-3H3. The van der Waals surface area contributed by atoms with Crippen molar-refractivity contribution in [1.29, 1.82) is 0 Å². The van der Waals surface area contributed by atoms with E-state index in [4.69, 9.17) is 10.5 Å². The molecule has 86 valence electrons. The Labute approximate surface area is 95.9 Å². The van der Waals surface area contributed by atoms with Crippen LogP contribution in [0, 0.1) is 6.92 Å². The number of aryl methyl sites for hydroxylation is 1. The number of rotatable bonds is 3. The van der Waals surface area contributed by atoms with Gasteiger partial charge in [0.25, 0.3) is 0 Å². The van der Waals surface area contributed by atoms with E-state index in [0.717, 1.165) is 11.1 Å².